The van der Waals surface area contributed by atoms with Crippen LogP contribution in [0.1, 0.15) is 36.8 Å². The average Bonchev–Trinajstić information content (AvgIpc) is 3.63. The molecule has 1 saturated carbocycles. The number of carbonyl (C=O) groups excluding carboxylic acids is 2. The molecule has 1 atom stereocenters. The maximum Gasteiger partial charge on any atom is 0.264 e. The molecule has 9 nitrogen and oxygen atoms in total. The molecule has 0 saturated heterocycles. The van der Waals surface area contributed by atoms with E-state index in [1.165, 1.54) is 43.4 Å². The molecule has 2 amide bonds. The highest BCUT2D eigenvalue weighted by Crippen LogP contribution is 2.34. The summed E-state index contributed by atoms with van der Waals surface area (Å²) in [4.78, 5) is 30.3. The van der Waals surface area contributed by atoms with Gasteiger partial charge in [0.25, 0.3) is 10.0 Å². The van der Waals surface area contributed by atoms with Crippen LogP contribution in [0.25, 0.3) is 0 Å². The summed E-state index contributed by atoms with van der Waals surface area (Å²) in [6, 6.07) is 25.8. The Bertz CT molecular complexity index is 1830. The highest BCUT2D eigenvalue weighted by molar-refractivity contribution is 7.92. The minimum absolute atomic E-state index is 0.0212. The van der Waals surface area contributed by atoms with Crippen LogP contribution >= 0.6 is 23.2 Å². The van der Waals surface area contributed by atoms with Crippen molar-refractivity contribution in [3.05, 3.63) is 118 Å². The van der Waals surface area contributed by atoms with E-state index in [2.05, 4.69) is 5.32 Å². The number of carbonyl (C=O) groups is 2. The molecule has 4 aromatic carbocycles. The van der Waals surface area contributed by atoms with E-state index in [0.717, 1.165) is 35.6 Å². The van der Waals surface area contributed by atoms with E-state index in [1.807, 2.05) is 30.3 Å². The Labute approximate surface area is 297 Å². The average molecular weight is 725 g/mol. The number of halogens is 2. The number of anilines is 1. The highest BCUT2D eigenvalue weighted by Gasteiger charge is 2.37. The Balaban J connectivity index is 1.61. The lowest BCUT2D eigenvalue weighted by Gasteiger charge is -2.35. The zero-order valence-corrected chi connectivity index (χ0v) is 29.7. The molecule has 0 unspecified atom stereocenters. The third-order valence-electron chi connectivity index (χ3n) is 8.64. The van der Waals surface area contributed by atoms with Crippen molar-refractivity contribution >= 4 is 50.7 Å². The largest absolute Gasteiger partial charge is 0.497 e. The number of hydrogen-bond acceptors (Lipinski definition) is 6. The van der Waals surface area contributed by atoms with Crippen LogP contribution in [-0.2, 0) is 32.6 Å². The van der Waals surface area contributed by atoms with Crippen molar-refractivity contribution in [2.45, 2.75) is 55.6 Å². The van der Waals surface area contributed by atoms with E-state index in [-0.39, 0.29) is 41.2 Å². The van der Waals surface area contributed by atoms with Crippen LogP contribution in [0.15, 0.2) is 102 Å². The van der Waals surface area contributed by atoms with E-state index >= 15 is 0 Å². The topological polar surface area (TPSA) is 105 Å². The predicted molar refractivity (Wildman–Crippen MR) is 192 cm³/mol. The van der Waals surface area contributed by atoms with Gasteiger partial charge in [0.2, 0.25) is 11.8 Å². The highest BCUT2D eigenvalue weighted by atomic mass is 35.5. The molecule has 5 rings (SSSR count). The number of ether oxygens (including phenoxy) is 2. The predicted octanol–water partition coefficient (Wildman–Crippen LogP) is 6.90. The molecule has 1 aliphatic rings. The lowest BCUT2D eigenvalue weighted by atomic mass is 10.0. The summed E-state index contributed by atoms with van der Waals surface area (Å²) in [5.41, 5.74) is 1.41. The van der Waals surface area contributed by atoms with Crippen molar-refractivity contribution in [1.29, 1.82) is 0 Å². The number of nitrogens with one attached hydrogen (secondary N) is 1. The fourth-order valence-electron chi connectivity index (χ4n) is 6.00. The van der Waals surface area contributed by atoms with Gasteiger partial charge in [-0.2, -0.15) is 0 Å². The minimum Gasteiger partial charge on any atom is -0.497 e. The standard InChI is InChI=1S/C37H39Cl2N3O6S/c1-47-28-19-21-29(22-20-28)49(45,46)42(33-17-8-9-18-35(33)48-2)25-36(43)41(24-30-31(38)15-10-16-32(30)39)34(23-26-11-4-3-5-12-26)37(44)40-27-13-6-7-14-27/h3-5,8-12,15-22,27,34H,6-7,13-14,23-25H2,1-2H3,(H,40,44)/t34-/m1/s1. The summed E-state index contributed by atoms with van der Waals surface area (Å²) in [6.07, 6.45) is 3.87. The van der Waals surface area contributed by atoms with E-state index in [1.54, 1.807) is 42.5 Å². The maximum atomic E-state index is 14.8. The fraction of sp³-hybridized carbons (Fsp3) is 0.297. The second-order valence-corrected chi connectivity index (χ2v) is 14.5. The van der Waals surface area contributed by atoms with Crippen LogP contribution in [0.4, 0.5) is 5.69 Å². The second-order valence-electron chi connectivity index (χ2n) is 11.8. The van der Waals surface area contributed by atoms with Crippen LogP contribution in [0, 0.1) is 0 Å². The third-order valence-corrected chi connectivity index (χ3v) is 11.1. The number of hydrogen-bond donors (Lipinski definition) is 1. The number of rotatable bonds is 14. The summed E-state index contributed by atoms with van der Waals surface area (Å²) in [5.74, 6) is -0.262. The van der Waals surface area contributed by atoms with Gasteiger partial charge in [0.1, 0.15) is 24.1 Å². The lowest BCUT2D eigenvalue weighted by Crippen LogP contribution is -2.54. The number of methoxy groups -OCH3 is 2. The van der Waals surface area contributed by atoms with Gasteiger partial charge in [-0.15, -0.1) is 0 Å². The van der Waals surface area contributed by atoms with Crippen molar-refractivity contribution in [2.24, 2.45) is 0 Å². The molecule has 1 N–H and O–H groups in total. The number of para-hydroxylation sites is 2. The van der Waals surface area contributed by atoms with Crippen molar-refractivity contribution in [1.82, 2.24) is 10.2 Å². The molecule has 0 radical (unpaired) electrons. The Morgan fingerprint density at radius 1 is 0.837 bits per heavy atom. The van der Waals surface area contributed by atoms with Crippen LogP contribution in [0.5, 0.6) is 11.5 Å². The number of sulfonamides is 1. The molecule has 0 bridgehead atoms. The van der Waals surface area contributed by atoms with E-state index in [4.69, 9.17) is 32.7 Å². The van der Waals surface area contributed by atoms with Crippen LogP contribution < -0.4 is 19.1 Å². The van der Waals surface area contributed by atoms with Gasteiger partial charge in [-0.3, -0.25) is 13.9 Å². The quantitative estimate of drug-likeness (QED) is 0.152. The molecule has 0 heterocycles. The number of amides is 2. The Kier molecular flexibility index (Phi) is 12.1. The smallest absolute Gasteiger partial charge is 0.264 e. The van der Waals surface area contributed by atoms with Crippen LogP contribution in [0.2, 0.25) is 10.0 Å². The van der Waals surface area contributed by atoms with Gasteiger partial charge in [-0.05, 0) is 66.9 Å². The maximum absolute atomic E-state index is 14.8. The van der Waals surface area contributed by atoms with Crippen molar-refractivity contribution in [3.8, 4) is 11.5 Å². The normalized spacial score (nSPS) is 13.8. The number of benzene rings is 4. The third kappa shape index (κ3) is 8.68. The summed E-state index contributed by atoms with van der Waals surface area (Å²) in [5, 5.41) is 3.78. The molecule has 1 fully saturated rings. The van der Waals surface area contributed by atoms with Crippen LogP contribution in [-0.4, -0.2) is 58.0 Å². The molecule has 12 heteroatoms. The van der Waals surface area contributed by atoms with Gasteiger partial charge in [0, 0.05) is 34.6 Å². The summed E-state index contributed by atoms with van der Waals surface area (Å²) < 4.78 is 40.6. The SMILES string of the molecule is COc1ccc(S(=O)(=O)N(CC(=O)N(Cc2c(Cl)cccc2Cl)[C@H](Cc2ccccc2)C(=O)NC2CCCC2)c2ccccc2OC)cc1. The van der Waals surface area contributed by atoms with Gasteiger partial charge >= 0.3 is 0 Å². The lowest BCUT2D eigenvalue weighted by molar-refractivity contribution is -0.140. The molecular formula is C37H39Cl2N3O6S. The Morgan fingerprint density at radius 2 is 1.47 bits per heavy atom. The molecule has 0 aromatic heterocycles. The molecule has 258 valence electrons. The van der Waals surface area contributed by atoms with Crippen molar-refractivity contribution < 1.29 is 27.5 Å². The molecule has 1 aliphatic carbocycles. The zero-order chi connectivity index (χ0) is 35.0. The second kappa shape index (κ2) is 16.4. The molecule has 4 aromatic rings. The zero-order valence-electron chi connectivity index (χ0n) is 27.4. The molecular weight excluding hydrogens is 685 g/mol. The summed E-state index contributed by atoms with van der Waals surface area (Å²) in [7, 11) is -1.45. The molecule has 49 heavy (non-hydrogen) atoms. The van der Waals surface area contributed by atoms with Gasteiger partial charge in [0.15, 0.2) is 0 Å². The van der Waals surface area contributed by atoms with E-state index in [9.17, 15) is 18.0 Å². The van der Waals surface area contributed by atoms with Gasteiger partial charge < -0.3 is 19.7 Å². The molecule has 0 aliphatic heterocycles. The van der Waals surface area contributed by atoms with E-state index < -0.39 is 28.5 Å². The van der Waals surface area contributed by atoms with E-state index in [0.29, 0.717) is 21.4 Å². The number of nitrogens with zero attached hydrogens (tertiary/aromatic N) is 2. The molecule has 0 spiro atoms. The van der Waals surface area contributed by atoms with Gasteiger partial charge in [-0.25, -0.2) is 8.42 Å². The summed E-state index contributed by atoms with van der Waals surface area (Å²) >= 11 is 13.2. The fourth-order valence-corrected chi connectivity index (χ4v) is 7.94. The van der Waals surface area contributed by atoms with Crippen molar-refractivity contribution in [2.75, 3.05) is 25.1 Å². The monoisotopic (exact) mass is 723 g/mol. The summed E-state index contributed by atoms with van der Waals surface area (Å²) in [6.45, 7) is -0.798. The first-order chi connectivity index (χ1) is 23.6. The Hall–Kier alpha value is -4.25. The first kappa shape index (κ1) is 36.0. The van der Waals surface area contributed by atoms with Crippen LogP contribution in [0.3, 0.4) is 0 Å². The van der Waals surface area contributed by atoms with Crippen molar-refractivity contribution in [3.63, 3.8) is 0 Å². The first-order valence-electron chi connectivity index (χ1n) is 16.0. The Morgan fingerprint density at radius 3 is 2.10 bits per heavy atom. The first-order valence-corrected chi connectivity index (χ1v) is 18.2. The van der Waals surface area contributed by atoms with Gasteiger partial charge in [-0.1, -0.05) is 84.6 Å². The van der Waals surface area contributed by atoms with Gasteiger partial charge in [0.05, 0.1) is 24.8 Å². The minimum atomic E-state index is -4.36.